The Bertz CT molecular complexity index is 178. The average Bonchev–Trinajstić information content (AvgIpc) is 2.01. The van der Waals surface area contributed by atoms with Crippen LogP contribution >= 0.6 is 11.8 Å². The predicted octanol–water partition coefficient (Wildman–Crippen LogP) is 2.24. The van der Waals surface area contributed by atoms with Crippen LogP contribution in [0.2, 0.25) is 0 Å². The molecule has 0 rings (SSSR count). The third kappa shape index (κ3) is 3.59. The smallest absolute Gasteiger partial charge is 0.225 e. The second-order valence-corrected chi connectivity index (χ2v) is 5.16. The Morgan fingerprint density at radius 3 is 2.23 bits per heavy atom. The highest BCUT2D eigenvalue weighted by molar-refractivity contribution is 7.98. The molecule has 0 aromatic carbocycles. The first-order valence-corrected chi connectivity index (χ1v) is 5.99. The summed E-state index contributed by atoms with van der Waals surface area (Å²) in [6, 6.07) is 0. The molecule has 1 amide bonds. The second kappa shape index (κ2) is 4.89. The summed E-state index contributed by atoms with van der Waals surface area (Å²) >= 11 is 1.77. The molecule has 0 fully saturated rings. The zero-order valence-corrected chi connectivity index (χ0v) is 10.4. The number of hydrogen-bond donors (Lipinski definition) is 0. The Labute approximate surface area is 86.1 Å². The quantitative estimate of drug-likeness (QED) is 0.698. The third-order valence-corrected chi connectivity index (χ3v) is 3.23. The minimum Gasteiger partial charge on any atom is -0.340 e. The minimum absolute atomic E-state index is 0.0409. The van der Waals surface area contributed by atoms with Crippen LogP contribution in [0.4, 0.5) is 0 Å². The van der Waals surface area contributed by atoms with Crippen LogP contribution in [0, 0.1) is 5.92 Å². The maximum Gasteiger partial charge on any atom is 0.225 e. The molecular weight excluding hydrogens is 182 g/mol. The molecule has 0 radical (unpaired) electrons. The van der Waals surface area contributed by atoms with Crippen molar-refractivity contribution in [1.29, 1.82) is 0 Å². The van der Waals surface area contributed by atoms with E-state index in [1.807, 2.05) is 25.8 Å². The molecule has 0 spiro atoms. The van der Waals surface area contributed by atoms with E-state index in [1.54, 1.807) is 11.8 Å². The van der Waals surface area contributed by atoms with E-state index in [2.05, 4.69) is 20.1 Å². The number of thioether (sulfide) groups is 1. The van der Waals surface area contributed by atoms with Gasteiger partial charge in [-0.2, -0.15) is 11.8 Å². The van der Waals surface area contributed by atoms with Gasteiger partial charge in [0, 0.05) is 24.3 Å². The third-order valence-electron chi connectivity index (χ3n) is 2.23. The van der Waals surface area contributed by atoms with Crippen molar-refractivity contribution >= 4 is 17.7 Å². The van der Waals surface area contributed by atoms with Crippen molar-refractivity contribution in [2.45, 2.75) is 33.2 Å². The maximum absolute atomic E-state index is 11.7. The summed E-state index contributed by atoms with van der Waals surface area (Å²) in [5, 5.41) is 0. The van der Waals surface area contributed by atoms with E-state index in [0.717, 1.165) is 5.75 Å². The van der Waals surface area contributed by atoms with Gasteiger partial charge in [0.05, 0.1) is 0 Å². The molecule has 2 nitrogen and oxygen atoms in total. The average molecular weight is 203 g/mol. The lowest BCUT2D eigenvalue weighted by Gasteiger charge is -2.36. The first kappa shape index (κ1) is 12.8. The van der Waals surface area contributed by atoms with Crippen LogP contribution in [-0.4, -0.2) is 35.4 Å². The van der Waals surface area contributed by atoms with Crippen LogP contribution in [0.3, 0.4) is 0 Å². The number of carbonyl (C=O) groups is 1. The first-order chi connectivity index (χ1) is 5.83. The van der Waals surface area contributed by atoms with Crippen molar-refractivity contribution in [1.82, 2.24) is 4.90 Å². The van der Waals surface area contributed by atoms with Crippen LogP contribution in [0.1, 0.15) is 27.7 Å². The zero-order chi connectivity index (χ0) is 10.6. The monoisotopic (exact) mass is 203 g/mol. The number of amides is 1. The molecule has 0 unspecified atom stereocenters. The Kier molecular flexibility index (Phi) is 4.82. The number of carbonyl (C=O) groups excluding carboxylic acids is 1. The highest BCUT2D eigenvalue weighted by Crippen LogP contribution is 2.19. The lowest BCUT2D eigenvalue weighted by Crippen LogP contribution is -2.48. The van der Waals surface area contributed by atoms with Gasteiger partial charge < -0.3 is 4.90 Å². The molecule has 0 N–H and O–H groups in total. The van der Waals surface area contributed by atoms with Gasteiger partial charge in [0.2, 0.25) is 5.91 Å². The maximum atomic E-state index is 11.7. The lowest BCUT2D eigenvalue weighted by atomic mass is 10.0. The van der Waals surface area contributed by atoms with Crippen molar-refractivity contribution in [2.75, 3.05) is 19.1 Å². The molecule has 0 aromatic heterocycles. The molecule has 0 aromatic rings. The normalized spacial score (nSPS) is 11.9. The van der Waals surface area contributed by atoms with E-state index in [0.29, 0.717) is 0 Å². The molecular formula is C10H21NOS. The highest BCUT2D eigenvalue weighted by Gasteiger charge is 2.28. The topological polar surface area (TPSA) is 20.3 Å². The Balaban J connectivity index is 4.39. The SMILES string of the molecule is CSCC(C)(C)N(C)C(=O)C(C)C. The van der Waals surface area contributed by atoms with E-state index in [1.165, 1.54) is 0 Å². The summed E-state index contributed by atoms with van der Waals surface area (Å²) in [7, 11) is 1.89. The minimum atomic E-state index is -0.0409. The van der Waals surface area contributed by atoms with E-state index < -0.39 is 0 Å². The van der Waals surface area contributed by atoms with E-state index >= 15 is 0 Å². The molecule has 0 atom stereocenters. The van der Waals surface area contributed by atoms with Gasteiger partial charge in [0.1, 0.15) is 0 Å². The van der Waals surface area contributed by atoms with Crippen LogP contribution < -0.4 is 0 Å². The summed E-state index contributed by atoms with van der Waals surface area (Å²) in [5.74, 6) is 1.28. The van der Waals surface area contributed by atoms with E-state index in [4.69, 9.17) is 0 Å². The standard InChI is InChI=1S/C10H21NOS/c1-8(2)9(12)11(5)10(3,4)7-13-6/h8H,7H2,1-6H3. The molecule has 0 aliphatic carbocycles. The van der Waals surface area contributed by atoms with Crippen LogP contribution in [-0.2, 0) is 4.79 Å². The molecule has 13 heavy (non-hydrogen) atoms. The van der Waals surface area contributed by atoms with Crippen molar-refractivity contribution in [3.63, 3.8) is 0 Å². The molecule has 0 saturated heterocycles. The number of nitrogens with zero attached hydrogens (tertiary/aromatic N) is 1. The van der Waals surface area contributed by atoms with Gasteiger partial charge in [-0.1, -0.05) is 13.8 Å². The molecule has 0 heterocycles. The van der Waals surface area contributed by atoms with Gasteiger partial charge >= 0.3 is 0 Å². The van der Waals surface area contributed by atoms with Gasteiger partial charge in [-0.3, -0.25) is 4.79 Å². The van der Waals surface area contributed by atoms with Gasteiger partial charge in [-0.05, 0) is 20.1 Å². The molecule has 0 saturated carbocycles. The van der Waals surface area contributed by atoms with Gasteiger partial charge in [-0.25, -0.2) is 0 Å². The highest BCUT2D eigenvalue weighted by atomic mass is 32.2. The molecule has 0 aliphatic heterocycles. The van der Waals surface area contributed by atoms with E-state index in [-0.39, 0.29) is 17.4 Å². The van der Waals surface area contributed by atoms with Crippen LogP contribution in [0.15, 0.2) is 0 Å². The van der Waals surface area contributed by atoms with Crippen molar-refractivity contribution < 1.29 is 4.79 Å². The summed E-state index contributed by atoms with van der Waals surface area (Å²) in [5.41, 5.74) is -0.0409. The predicted molar refractivity (Wildman–Crippen MR) is 60.1 cm³/mol. The lowest BCUT2D eigenvalue weighted by molar-refractivity contribution is -0.137. The zero-order valence-electron chi connectivity index (χ0n) is 9.55. The fraction of sp³-hybridized carbons (Fsp3) is 0.900. The Hall–Kier alpha value is -0.180. The number of rotatable bonds is 4. The largest absolute Gasteiger partial charge is 0.340 e. The molecule has 0 bridgehead atoms. The van der Waals surface area contributed by atoms with Gasteiger partial charge in [-0.15, -0.1) is 0 Å². The summed E-state index contributed by atoms with van der Waals surface area (Å²) in [4.78, 5) is 13.5. The molecule has 0 aliphatic rings. The fourth-order valence-corrected chi connectivity index (χ4v) is 2.04. The summed E-state index contributed by atoms with van der Waals surface area (Å²) in [6.45, 7) is 8.08. The van der Waals surface area contributed by atoms with Crippen LogP contribution in [0.5, 0.6) is 0 Å². The van der Waals surface area contributed by atoms with Crippen molar-refractivity contribution in [2.24, 2.45) is 5.92 Å². The Morgan fingerprint density at radius 1 is 1.46 bits per heavy atom. The van der Waals surface area contributed by atoms with Gasteiger partial charge in [0.25, 0.3) is 0 Å². The summed E-state index contributed by atoms with van der Waals surface area (Å²) < 4.78 is 0. The van der Waals surface area contributed by atoms with Gasteiger partial charge in [0.15, 0.2) is 0 Å². The van der Waals surface area contributed by atoms with Crippen molar-refractivity contribution in [3.05, 3.63) is 0 Å². The number of hydrogen-bond acceptors (Lipinski definition) is 2. The van der Waals surface area contributed by atoms with Crippen molar-refractivity contribution in [3.8, 4) is 0 Å². The fourth-order valence-electron chi connectivity index (χ4n) is 1.14. The second-order valence-electron chi connectivity index (χ2n) is 4.30. The molecule has 3 heteroatoms. The summed E-state index contributed by atoms with van der Waals surface area (Å²) in [6.07, 6.45) is 2.06. The van der Waals surface area contributed by atoms with E-state index in [9.17, 15) is 4.79 Å². The Morgan fingerprint density at radius 2 is 1.92 bits per heavy atom. The molecule has 78 valence electrons. The first-order valence-electron chi connectivity index (χ1n) is 4.59. The van der Waals surface area contributed by atoms with Crippen LogP contribution in [0.25, 0.3) is 0 Å².